The highest BCUT2D eigenvalue weighted by molar-refractivity contribution is 9.10. The number of hydrogen-bond acceptors (Lipinski definition) is 2. The first-order valence-electron chi connectivity index (χ1n) is 6.29. The monoisotopic (exact) mass is 297 g/mol. The van der Waals surface area contributed by atoms with Gasteiger partial charge in [0.1, 0.15) is 0 Å². The van der Waals surface area contributed by atoms with E-state index in [1.54, 1.807) is 0 Å². The number of hydrogen-bond donors (Lipinski definition) is 2. The second kappa shape index (κ2) is 5.40. The van der Waals surface area contributed by atoms with Gasteiger partial charge in [-0.1, -0.05) is 25.0 Å². The molecule has 1 unspecified atom stereocenters. The lowest BCUT2D eigenvalue weighted by Gasteiger charge is -2.36. The number of rotatable bonds is 4. The molecular formula is C14H20BrNO. The predicted molar refractivity (Wildman–Crippen MR) is 75.2 cm³/mol. The molecule has 1 saturated carbocycles. The maximum atomic E-state index is 9.72. The molecule has 0 heterocycles. The summed E-state index contributed by atoms with van der Waals surface area (Å²) in [7, 11) is 0. The average Bonchev–Trinajstić information content (AvgIpc) is 2.86. The Kier molecular flexibility index (Phi) is 4.10. The van der Waals surface area contributed by atoms with Crippen LogP contribution >= 0.6 is 15.9 Å². The zero-order valence-electron chi connectivity index (χ0n) is 10.2. The van der Waals surface area contributed by atoms with Crippen LogP contribution in [0.3, 0.4) is 0 Å². The summed E-state index contributed by atoms with van der Waals surface area (Å²) in [6.45, 7) is 2.31. The minimum atomic E-state index is -0.208. The summed E-state index contributed by atoms with van der Waals surface area (Å²) in [6, 6.07) is 8.09. The van der Waals surface area contributed by atoms with Gasteiger partial charge in [-0.15, -0.1) is 0 Å². The van der Waals surface area contributed by atoms with E-state index in [1.807, 2.05) is 24.3 Å². The fourth-order valence-corrected chi connectivity index (χ4v) is 3.09. The van der Waals surface area contributed by atoms with Crippen molar-refractivity contribution in [2.24, 2.45) is 5.92 Å². The Hall–Kier alpha value is -0.540. The summed E-state index contributed by atoms with van der Waals surface area (Å²) in [5.41, 5.74) is 0.858. The first kappa shape index (κ1) is 12.9. The maximum absolute atomic E-state index is 9.72. The van der Waals surface area contributed by atoms with Gasteiger partial charge in [0.15, 0.2) is 0 Å². The summed E-state index contributed by atoms with van der Waals surface area (Å²) in [5, 5.41) is 13.2. The Bertz CT molecular complexity index is 376. The molecule has 1 atom stereocenters. The Morgan fingerprint density at radius 3 is 2.59 bits per heavy atom. The van der Waals surface area contributed by atoms with Crippen LogP contribution in [0.4, 0.5) is 5.69 Å². The van der Waals surface area contributed by atoms with Gasteiger partial charge < -0.3 is 10.4 Å². The molecule has 2 N–H and O–H groups in total. The van der Waals surface area contributed by atoms with E-state index in [1.165, 1.54) is 25.7 Å². The van der Waals surface area contributed by atoms with E-state index in [0.29, 0.717) is 5.92 Å². The minimum absolute atomic E-state index is 0.180. The molecule has 1 aliphatic rings. The number of aliphatic hydroxyl groups excluding tert-OH is 1. The highest BCUT2D eigenvalue weighted by atomic mass is 79.9. The van der Waals surface area contributed by atoms with Gasteiger partial charge in [0.05, 0.1) is 12.1 Å². The molecule has 2 nitrogen and oxygen atoms in total. The van der Waals surface area contributed by atoms with Gasteiger partial charge in [-0.2, -0.15) is 0 Å². The molecule has 0 spiro atoms. The summed E-state index contributed by atoms with van der Waals surface area (Å²) < 4.78 is 1.05. The van der Waals surface area contributed by atoms with Crippen molar-refractivity contribution in [3.8, 4) is 0 Å². The number of anilines is 1. The third-order valence-corrected chi connectivity index (χ3v) is 4.57. The van der Waals surface area contributed by atoms with Gasteiger partial charge in [0, 0.05) is 10.2 Å². The van der Waals surface area contributed by atoms with Crippen LogP contribution in [0.1, 0.15) is 32.6 Å². The van der Waals surface area contributed by atoms with E-state index >= 15 is 0 Å². The lowest BCUT2D eigenvalue weighted by molar-refractivity contribution is 0.172. The lowest BCUT2D eigenvalue weighted by atomic mass is 9.84. The van der Waals surface area contributed by atoms with Crippen LogP contribution in [0, 0.1) is 5.92 Å². The first-order chi connectivity index (χ1) is 8.15. The third kappa shape index (κ3) is 2.83. The van der Waals surface area contributed by atoms with Gasteiger partial charge >= 0.3 is 0 Å². The number of benzene rings is 1. The molecule has 0 amide bonds. The number of aliphatic hydroxyl groups is 1. The molecule has 1 aliphatic carbocycles. The van der Waals surface area contributed by atoms with Gasteiger partial charge in [0.25, 0.3) is 0 Å². The van der Waals surface area contributed by atoms with Crippen molar-refractivity contribution >= 4 is 21.6 Å². The zero-order valence-corrected chi connectivity index (χ0v) is 11.8. The van der Waals surface area contributed by atoms with E-state index in [-0.39, 0.29) is 12.1 Å². The molecule has 1 aromatic carbocycles. The Morgan fingerprint density at radius 2 is 2.00 bits per heavy atom. The highest BCUT2D eigenvalue weighted by Gasteiger charge is 2.35. The number of halogens is 1. The molecule has 0 bridgehead atoms. The summed E-state index contributed by atoms with van der Waals surface area (Å²) in [6.07, 6.45) is 5.01. The highest BCUT2D eigenvalue weighted by Crippen LogP contribution is 2.37. The van der Waals surface area contributed by atoms with E-state index < -0.39 is 0 Å². The molecule has 0 aliphatic heterocycles. The SMILES string of the molecule is CC(CO)(Nc1ccccc1Br)C1CCCC1. The van der Waals surface area contributed by atoms with Crippen LogP contribution in [0.5, 0.6) is 0 Å². The van der Waals surface area contributed by atoms with Crippen LogP contribution < -0.4 is 5.32 Å². The number of nitrogens with one attached hydrogen (secondary N) is 1. The lowest BCUT2D eigenvalue weighted by Crippen LogP contribution is -2.45. The number of para-hydroxylation sites is 1. The molecule has 3 heteroatoms. The van der Waals surface area contributed by atoms with Gasteiger partial charge in [-0.05, 0) is 53.7 Å². The van der Waals surface area contributed by atoms with Crippen LogP contribution in [-0.2, 0) is 0 Å². The summed E-state index contributed by atoms with van der Waals surface area (Å²) >= 11 is 3.54. The molecule has 17 heavy (non-hydrogen) atoms. The van der Waals surface area contributed by atoms with Crippen molar-refractivity contribution < 1.29 is 5.11 Å². The standard InChI is InChI=1S/C14H20BrNO/c1-14(10-17,11-6-2-3-7-11)16-13-9-5-4-8-12(13)15/h4-5,8-9,11,16-17H,2-3,6-7,10H2,1H3. The zero-order chi connectivity index (χ0) is 12.3. The fourth-order valence-electron chi connectivity index (χ4n) is 2.70. The van der Waals surface area contributed by atoms with Gasteiger partial charge in [-0.3, -0.25) is 0 Å². The topological polar surface area (TPSA) is 32.3 Å². The maximum Gasteiger partial charge on any atom is 0.0661 e. The van der Waals surface area contributed by atoms with E-state index in [4.69, 9.17) is 0 Å². The Balaban J connectivity index is 2.16. The average molecular weight is 298 g/mol. The second-order valence-electron chi connectivity index (χ2n) is 5.16. The Morgan fingerprint density at radius 1 is 1.35 bits per heavy atom. The second-order valence-corrected chi connectivity index (χ2v) is 6.02. The quantitative estimate of drug-likeness (QED) is 0.886. The molecule has 1 aromatic rings. The molecule has 2 rings (SSSR count). The largest absolute Gasteiger partial charge is 0.394 e. The van der Waals surface area contributed by atoms with Gasteiger partial charge in [0.2, 0.25) is 0 Å². The van der Waals surface area contributed by atoms with Crippen LogP contribution in [0.2, 0.25) is 0 Å². The molecule has 0 saturated heterocycles. The molecule has 0 radical (unpaired) electrons. The summed E-state index contributed by atoms with van der Waals surface area (Å²) in [5.74, 6) is 0.569. The Labute approximate surface area is 112 Å². The van der Waals surface area contributed by atoms with Crippen LogP contribution in [0.25, 0.3) is 0 Å². The van der Waals surface area contributed by atoms with Crippen molar-refractivity contribution in [1.82, 2.24) is 0 Å². The molecule has 94 valence electrons. The van der Waals surface area contributed by atoms with E-state index in [9.17, 15) is 5.11 Å². The fraction of sp³-hybridized carbons (Fsp3) is 0.571. The van der Waals surface area contributed by atoms with Crippen molar-refractivity contribution in [3.05, 3.63) is 28.7 Å². The van der Waals surface area contributed by atoms with Crippen molar-refractivity contribution in [1.29, 1.82) is 0 Å². The van der Waals surface area contributed by atoms with Crippen molar-refractivity contribution in [2.45, 2.75) is 38.1 Å². The van der Waals surface area contributed by atoms with Crippen molar-refractivity contribution in [2.75, 3.05) is 11.9 Å². The predicted octanol–water partition coefficient (Wildman–Crippen LogP) is 3.80. The van der Waals surface area contributed by atoms with Gasteiger partial charge in [-0.25, -0.2) is 0 Å². The minimum Gasteiger partial charge on any atom is -0.394 e. The van der Waals surface area contributed by atoms with E-state index in [0.717, 1.165) is 10.2 Å². The third-order valence-electron chi connectivity index (χ3n) is 3.88. The van der Waals surface area contributed by atoms with Crippen molar-refractivity contribution in [3.63, 3.8) is 0 Å². The normalized spacial score (nSPS) is 20.2. The first-order valence-corrected chi connectivity index (χ1v) is 7.08. The summed E-state index contributed by atoms with van der Waals surface area (Å²) in [4.78, 5) is 0. The van der Waals surface area contributed by atoms with Crippen LogP contribution in [0.15, 0.2) is 28.7 Å². The smallest absolute Gasteiger partial charge is 0.0661 e. The molecule has 1 fully saturated rings. The molecular weight excluding hydrogens is 278 g/mol. The molecule has 0 aromatic heterocycles. The van der Waals surface area contributed by atoms with E-state index in [2.05, 4.69) is 28.2 Å². The van der Waals surface area contributed by atoms with Crippen LogP contribution in [-0.4, -0.2) is 17.3 Å².